The first-order valence-electron chi connectivity index (χ1n) is 12.4. The van der Waals surface area contributed by atoms with E-state index in [0.29, 0.717) is 18.0 Å². The summed E-state index contributed by atoms with van der Waals surface area (Å²) >= 11 is 0. The number of carbonyl (C=O) groups is 2. The van der Waals surface area contributed by atoms with Crippen molar-refractivity contribution < 1.29 is 22.7 Å². The summed E-state index contributed by atoms with van der Waals surface area (Å²) in [4.78, 5) is 28.7. The minimum atomic E-state index is -3.82. The lowest BCUT2D eigenvalue weighted by Gasteiger charge is -2.33. The van der Waals surface area contributed by atoms with Crippen LogP contribution in [0.25, 0.3) is 0 Å². The predicted molar refractivity (Wildman–Crippen MR) is 150 cm³/mol. The summed E-state index contributed by atoms with van der Waals surface area (Å²) in [6.07, 6.45) is 1.34. The highest BCUT2D eigenvalue weighted by molar-refractivity contribution is 7.92. The number of amides is 2. The molecule has 3 aromatic rings. The number of sulfonamides is 1. The molecule has 0 aliphatic rings. The fourth-order valence-corrected chi connectivity index (χ4v) is 4.95. The topological polar surface area (TPSA) is 96.0 Å². The van der Waals surface area contributed by atoms with E-state index < -0.39 is 28.5 Å². The summed E-state index contributed by atoms with van der Waals surface area (Å²) in [5, 5.41) is 2.85. The second-order valence-corrected chi connectivity index (χ2v) is 11.0. The van der Waals surface area contributed by atoms with E-state index in [4.69, 9.17) is 4.74 Å². The Hall–Kier alpha value is -3.85. The van der Waals surface area contributed by atoms with Crippen LogP contribution in [0, 0.1) is 6.92 Å². The molecule has 9 heteroatoms. The molecule has 1 atom stereocenters. The van der Waals surface area contributed by atoms with Crippen LogP contribution in [0.3, 0.4) is 0 Å². The van der Waals surface area contributed by atoms with Gasteiger partial charge in [0, 0.05) is 19.5 Å². The van der Waals surface area contributed by atoms with Gasteiger partial charge in [-0.15, -0.1) is 0 Å². The highest BCUT2D eigenvalue weighted by Crippen LogP contribution is 2.23. The number of hydrogen-bond acceptors (Lipinski definition) is 5. The van der Waals surface area contributed by atoms with Crippen molar-refractivity contribution in [2.45, 2.75) is 32.9 Å². The molecule has 0 saturated heterocycles. The molecule has 38 heavy (non-hydrogen) atoms. The van der Waals surface area contributed by atoms with Gasteiger partial charge in [-0.05, 0) is 49.2 Å². The predicted octanol–water partition coefficient (Wildman–Crippen LogP) is 3.55. The van der Waals surface area contributed by atoms with E-state index in [9.17, 15) is 18.0 Å². The van der Waals surface area contributed by atoms with Crippen LogP contribution in [0.4, 0.5) is 5.69 Å². The van der Waals surface area contributed by atoms with Gasteiger partial charge in [0.2, 0.25) is 21.8 Å². The average Bonchev–Trinajstić information content (AvgIpc) is 2.90. The summed E-state index contributed by atoms with van der Waals surface area (Å²) in [6, 6.07) is 22.7. The summed E-state index contributed by atoms with van der Waals surface area (Å²) in [5.41, 5.74) is 3.12. The number of nitrogens with one attached hydrogen (secondary N) is 1. The number of methoxy groups -OCH3 is 1. The molecule has 8 nitrogen and oxygen atoms in total. The molecule has 2 amide bonds. The number of rotatable bonds is 12. The minimum absolute atomic E-state index is 0.147. The minimum Gasteiger partial charge on any atom is -0.497 e. The number of ether oxygens (including phenoxy) is 1. The zero-order valence-electron chi connectivity index (χ0n) is 22.3. The highest BCUT2D eigenvalue weighted by atomic mass is 32.2. The molecule has 0 aliphatic carbocycles. The van der Waals surface area contributed by atoms with Crippen molar-refractivity contribution in [2.24, 2.45) is 0 Å². The van der Waals surface area contributed by atoms with E-state index >= 15 is 0 Å². The Labute approximate surface area is 225 Å². The van der Waals surface area contributed by atoms with E-state index in [1.807, 2.05) is 68.4 Å². The number of likely N-dealkylation sites (N-methyl/N-ethyl adjacent to an activating group) is 1. The number of anilines is 1. The average molecular weight is 538 g/mol. The Morgan fingerprint density at radius 1 is 0.921 bits per heavy atom. The standard InChI is InChI=1S/C29H35N3O5S/c1-5-30-29(34)27(19-23-9-7-6-8-10-23)31(20-24-13-11-22(2)12-14-24)28(33)21-32(38(4,35)36)25-15-17-26(37-3)18-16-25/h6-18,27H,5,19-21H2,1-4H3,(H,30,34)/t27-/m0/s1. The largest absolute Gasteiger partial charge is 0.497 e. The van der Waals surface area contributed by atoms with Crippen molar-refractivity contribution in [2.75, 3.05) is 30.8 Å². The third-order valence-corrected chi connectivity index (χ3v) is 7.28. The van der Waals surface area contributed by atoms with Crippen LogP contribution in [0.1, 0.15) is 23.6 Å². The maximum atomic E-state index is 13.9. The van der Waals surface area contributed by atoms with Crippen LogP contribution in [0.5, 0.6) is 5.75 Å². The lowest BCUT2D eigenvalue weighted by Crippen LogP contribution is -2.53. The SMILES string of the molecule is CCNC(=O)[C@H](Cc1ccccc1)N(Cc1ccc(C)cc1)C(=O)CN(c1ccc(OC)cc1)S(C)(=O)=O. The van der Waals surface area contributed by atoms with E-state index in [0.717, 1.165) is 27.3 Å². The monoisotopic (exact) mass is 537 g/mol. The maximum absolute atomic E-state index is 13.9. The molecule has 0 fully saturated rings. The second kappa shape index (κ2) is 13.1. The lowest BCUT2D eigenvalue weighted by atomic mass is 10.0. The molecule has 0 unspecified atom stereocenters. The van der Waals surface area contributed by atoms with E-state index in [-0.39, 0.29) is 18.9 Å². The molecule has 202 valence electrons. The summed E-state index contributed by atoms with van der Waals surface area (Å²) in [5.74, 6) is -0.222. The first kappa shape index (κ1) is 28.7. The third kappa shape index (κ3) is 7.82. The molecule has 0 heterocycles. The van der Waals surface area contributed by atoms with Crippen molar-refractivity contribution in [3.8, 4) is 5.75 Å². The smallest absolute Gasteiger partial charge is 0.244 e. The van der Waals surface area contributed by atoms with Gasteiger partial charge in [0.25, 0.3) is 0 Å². The van der Waals surface area contributed by atoms with Gasteiger partial charge < -0.3 is 15.0 Å². The van der Waals surface area contributed by atoms with Gasteiger partial charge in [0.05, 0.1) is 19.1 Å². The number of carbonyl (C=O) groups excluding carboxylic acids is 2. The van der Waals surface area contributed by atoms with Crippen molar-refractivity contribution in [1.29, 1.82) is 0 Å². The van der Waals surface area contributed by atoms with E-state index in [1.165, 1.54) is 12.0 Å². The van der Waals surface area contributed by atoms with Gasteiger partial charge in [0.15, 0.2) is 0 Å². The van der Waals surface area contributed by atoms with Gasteiger partial charge in [0.1, 0.15) is 18.3 Å². The van der Waals surface area contributed by atoms with Crippen LogP contribution in [-0.4, -0.2) is 57.6 Å². The first-order valence-corrected chi connectivity index (χ1v) is 14.3. The van der Waals surface area contributed by atoms with Crippen molar-refractivity contribution >= 4 is 27.5 Å². The first-order chi connectivity index (χ1) is 18.1. The molecule has 3 rings (SSSR count). The van der Waals surface area contributed by atoms with E-state index in [2.05, 4.69) is 5.32 Å². The van der Waals surface area contributed by atoms with Crippen LogP contribution < -0.4 is 14.4 Å². The van der Waals surface area contributed by atoms with Crippen LogP contribution in [0.15, 0.2) is 78.9 Å². The molecule has 0 aromatic heterocycles. The molecule has 0 saturated carbocycles. The highest BCUT2D eigenvalue weighted by Gasteiger charge is 2.32. The Kier molecular flexibility index (Phi) is 9.90. The Balaban J connectivity index is 2.01. The number of benzene rings is 3. The van der Waals surface area contributed by atoms with Gasteiger partial charge in [-0.1, -0.05) is 60.2 Å². The fourth-order valence-electron chi connectivity index (χ4n) is 4.10. The number of hydrogen-bond donors (Lipinski definition) is 1. The Morgan fingerprint density at radius 3 is 2.11 bits per heavy atom. The summed E-state index contributed by atoms with van der Waals surface area (Å²) in [7, 11) is -2.30. The van der Waals surface area contributed by atoms with Gasteiger partial charge >= 0.3 is 0 Å². The molecule has 3 aromatic carbocycles. The summed E-state index contributed by atoms with van der Waals surface area (Å²) < 4.78 is 31.8. The van der Waals surface area contributed by atoms with Crippen LogP contribution >= 0.6 is 0 Å². The quantitative estimate of drug-likeness (QED) is 0.381. The normalized spacial score (nSPS) is 11.9. The lowest BCUT2D eigenvalue weighted by molar-refractivity contribution is -0.140. The molecule has 1 N–H and O–H groups in total. The van der Waals surface area contributed by atoms with Crippen molar-refractivity contribution in [3.05, 3.63) is 95.6 Å². The molecular weight excluding hydrogens is 502 g/mol. The maximum Gasteiger partial charge on any atom is 0.244 e. The zero-order valence-corrected chi connectivity index (χ0v) is 23.1. The number of nitrogens with zero attached hydrogens (tertiary/aromatic N) is 2. The van der Waals surface area contributed by atoms with Crippen LogP contribution in [0.2, 0.25) is 0 Å². The zero-order chi connectivity index (χ0) is 27.7. The third-order valence-electron chi connectivity index (χ3n) is 6.14. The van der Waals surface area contributed by atoms with Crippen molar-refractivity contribution in [3.63, 3.8) is 0 Å². The van der Waals surface area contributed by atoms with Gasteiger partial charge in [-0.2, -0.15) is 0 Å². The molecule has 0 radical (unpaired) electrons. The Morgan fingerprint density at radius 2 is 1.55 bits per heavy atom. The second-order valence-electron chi connectivity index (χ2n) is 9.07. The summed E-state index contributed by atoms with van der Waals surface area (Å²) in [6.45, 7) is 3.88. The molecule has 0 aliphatic heterocycles. The van der Waals surface area contributed by atoms with Gasteiger partial charge in [-0.25, -0.2) is 8.42 Å². The Bertz CT molecular complexity index is 1310. The molecule has 0 bridgehead atoms. The van der Waals surface area contributed by atoms with Crippen molar-refractivity contribution in [1.82, 2.24) is 10.2 Å². The molecular formula is C29H35N3O5S. The van der Waals surface area contributed by atoms with E-state index in [1.54, 1.807) is 24.3 Å². The fraction of sp³-hybridized carbons (Fsp3) is 0.310. The molecule has 0 spiro atoms. The van der Waals surface area contributed by atoms with Gasteiger partial charge in [-0.3, -0.25) is 13.9 Å². The van der Waals surface area contributed by atoms with Crippen LogP contribution in [-0.2, 0) is 32.6 Å². The number of aryl methyl sites for hydroxylation is 1.